The lowest BCUT2D eigenvalue weighted by Gasteiger charge is -2.31. The van der Waals surface area contributed by atoms with Crippen molar-refractivity contribution in [1.82, 2.24) is 9.78 Å². The van der Waals surface area contributed by atoms with Crippen LogP contribution in [0.15, 0.2) is 30.5 Å². The van der Waals surface area contributed by atoms with E-state index in [1.807, 2.05) is 10.9 Å². The first-order chi connectivity index (χ1) is 10.2. The van der Waals surface area contributed by atoms with E-state index in [1.54, 1.807) is 7.11 Å². The van der Waals surface area contributed by atoms with Crippen LogP contribution in [0.1, 0.15) is 37.4 Å². The predicted molar refractivity (Wildman–Crippen MR) is 85.0 cm³/mol. The predicted octanol–water partition coefficient (Wildman–Crippen LogP) is 3.44. The summed E-state index contributed by atoms with van der Waals surface area (Å²) in [5.41, 5.74) is 3.87. The molecule has 2 heterocycles. The first kappa shape index (κ1) is 14.0. The van der Waals surface area contributed by atoms with Crippen molar-refractivity contribution in [3.05, 3.63) is 41.7 Å². The van der Waals surface area contributed by atoms with Gasteiger partial charge in [0.2, 0.25) is 0 Å². The van der Waals surface area contributed by atoms with Crippen LogP contribution in [0, 0.1) is 0 Å². The molecule has 2 unspecified atom stereocenters. The fraction of sp³-hybridized carbons (Fsp3) is 0.471. The highest BCUT2D eigenvalue weighted by atomic mass is 16.5. The summed E-state index contributed by atoms with van der Waals surface area (Å²) in [7, 11) is 1.72. The normalized spacial score (nSPS) is 20.7. The third kappa shape index (κ3) is 2.62. The van der Waals surface area contributed by atoms with Gasteiger partial charge in [-0.2, -0.15) is 5.10 Å². The zero-order chi connectivity index (χ0) is 14.8. The van der Waals surface area contributed by atoms with Crippen molar-refractivity contribution < 1.29 is 4.74 Å². The van der Waals surface area contributed by atoms with Gasteiger partial charge in [-0.25, -0.2) is 0 Å². The number of hydrogen-bond donors (Lipinski definition) is 1. The van der Waals surface area contributed by atoms with Gasteiger partial charge < -0.3 is 10.1 Å². The molecule has 1 aromatic heterocycles. The summed E-state index contributed by atoms with van der Waals surface area (Å²) in [6, 6.07) is 9.12. The SMILES string of the molecule is CCn1ncc(OC)c1CC1CC(C)Nc2ccccc21. The fourth-order valence-electron chi connectivity index (χ4n) is 3.33. The smallest absolute Gasteiger partial charge is 0.159 e. The lowest BCUT2D eigenvalue weighted by Crippen LogP contribution is -2.26. The van der Waals surface area contributed by atoms with Crippen LogP contribution in [0.5, 0.6) is 5.75 Å². The van der Waals surface area contributed by atoms with Crippen molar-refractivity contribution in [3.8, 4) is 5.75 Å². The van der Waals surface area contributed by atoms with Crippen molar-refractivity contribution >= 4 is 5.69 Å². The van der Waals surface area contributed by atoms with Gasteiger partial charge in [0.1, 0.15) is 0 Å². The molecule has 21 heavy (non-hydrogen) atoms. The molecule has 0 amide bonds. The van der Waals surface area contributed by atoms with Crippen molar-refractivity contribution in [2.45, 2.75) is 45.2 Å². The van der Waals surface area contributed by atoms with Gasteiger partial charge in [-0.3, -0.25) is 4.68 Å². The van der Waals surface area contributed by atoms with E-state index in [0.29, 0.717) is 12.0 Å². The number of rotatable bonds is 4. The lowest BCUT2D eigenvalue weighted by molar-refractivity contribution is 0.402. The molecule has 2 atom stereocenters. The van der Waals surface area contributed by atoms with E-state index in [0.717, 1.165) is 25.1 Å². The number of methoxy groups -OCH3 is 1. The Balaban J connectivity index is 1.93. The maximum absolute atomic E-state index is 5.49. The topological polar surface area (TPSA) is 39.1 Å². The molecule has 0 spiro atoms. The first-order valence-electron chi connectivity index (χ1n) is 7.67. The zero-order valence-electron chi connectivity index (χ0n) is 13.0. The average Bonchev–Trinajstić information content (AvgIpc) is 2.89. The summed E-state index contributed by atoms with van der Waals surface area (Å²) in [6.45, 7) is 5.24. The molecule has 4 heteroatoms. The number of benzene rings is 1. The number of aromatic nitrogens is 2. The molecule has 4 nitrogen and oxygen atoms in total. The Labute approximate surface area is 126 Å². The van der Waals surface area contributed by atoms with E-state index in [2.05, 4.69) is 48.5 Å². The summed E-state index contributed by atoms with van der Waals surface area (Å²) < 4.78 is 7.53. The molecular formula is C17H23N3O. The summed E-state index contributed by atoms with van der Waals surface area (Å²) in [5, 5.41) is 7.99. The van der Waals surface area contributed by atoms with Gasteiger partial charge in [0.25, 0.3) is 0 Å². The third-order valence-corrected chi connectivity index (χ3v) is 4.31. The van der Waals surface area contributed by atoms with Gasteiger partial charge in [0, 0.05) is 24.7 Å². The Morgan fingerprint density at radius 3 is 2.95 bits per heavy atom. The van der Waals surface area contributed by atoms with Gasteiger partial charge in [-0.1, -0.05) is 18.2 Å². The Hall–Kier alpha value is -1.97. The molecule has 0 fully saturated rings. The number of fused-ring (bicyclic) bond motifs is 1. The van der Waals surface area contributed by atoms with E-state index in [1.165, 1.54) is 16.9 Å². The van der Waals surface area contributed by atoms with Crippen LogP contribution < -0.4 is 10.1 Å². The fourth-order valence-corrected chi connectivity index (χ4v) is 3.33. The van der Waals surface area contributed by atoms with Crippen LogP contribution in [0.2, 0.25) is 0 Å². The molecule has 1 N–H and O–H groups in total. The highest BCUT2D eigenvalue weighted by Crippen LogP contribution is 2.37. The van der Waals surface area contributed by atoms with E-state index in [4.69, 9.17) is 4.74 Å². The lowest BCUT2D eigenvalue weighted by atomic mass is 9.84. The molecule has 0 bridgehead atoms. The van der Waals surface area contributed by atoms with Crippen LogP contribution in [0.25, 0.3) is 0 Å². The van der Waals surface area contributed by atoms with E-state index < -0.39 is 0 Å². The third-order valence-electron chi connectivity index (χ3n) is 4.31. The van der Waals surface area contributed by atoms with Crippen molar-refractivity contribution in [1.29, 1.82) is 0 Å². The van der Waals surface area contributed by atoms with E-state index in [9.17, 15) is 0 Å². The summed E-state index contributed by atoms with van der Waals surface area (Å²) in [4.78, 5) is 0. The average molecular weight is 285 g/mol. The van der Waals surface area contributed by atoms with Crippen LogP contribution >= 0.6 is 0 Å². The molecule has 112 valence electrons. The number of ether oxygens (including phenoxy) is 1. The molecule has 0 saturated carbocycles. The molecule has 3 rings (SSSR count). The second-order valence-electron chi connectivity index (χ2n) is 5.74. The number of para-hydroxylation sites is 1. The molecular weight excluding hydrogens is 262 g/mol. The molecule has 1 aliphatic rings. The second-order valence-corrected chi connectivity index (χ2v) is 5.74. The first-order valence-corrected chi connectivity index (χ1v) is 7.67. The second kappa shape index (κ2) is 5.80. The molecule has 2 aromatic rings. The minimum absolute atomic E-state index is 0.494. The molecule has 0 saturated heterocycles. The molecule has 0 aliphatic carbocycles. The van der Waals surface area contributed by atoms with Crippen molar-refractivity contribution in [2.75, 3.05) is 12.4 Å². The maximum Gasteiger partial charge on any atom is 0.159 e. The van der Waals surface area contributed by atoms with Crippen LogP contribution in [0.3, 0.4) is 0 Å². The quantitative estimate of drug-likeness (QED) is 0.935. The van der Waals surface area contributed by atoms with Crippen LogP contribution in [-0.4, -0.2) is 22.9 Å². The van der Waals surface area contributed by atoms with Gasteiger partial charge in [-0.15, -0.1) is 0 Å². The zero-order valence-corrected chi connectivity index (χ0v) is 13.0. The monoisotopic (exact) mass is 285 g/mol. The minimum Gasteiger partial charge on any atom is -0.493 e. The molecule has 0 radical (unpaired) electrons. The number of hydrogen-bond acceptors (Lipinski definition) is 3. The Morgan fingerprint density at radius 1 is 1.38 bits per heavy atom. The Kier molecular flexibility index (Phi) is 3.86. The van der Waals surface area contributed by atoms with Crippen LogP contribution in [-0.2, 0) is 13.0 Å². The molecule has 1 aromatic carbocycles. The Bertz CT molecular complexity index is 599. The maximum atomic E-state index is 5.49. The summed E-state index contributed by atoms with van der Waals surface area (Å²) in [5.74, 6) is 1.41. The van der Waals surface area contributed by atoms with Gasteiger partial charge in [-0.05, 0) is 37.8 Å². The van der Waals surface area contributed by atoms with Gasteiger partial charge >= 0.3 is 0 Å². The van der Waals surface area contributed by atoms with Gasteiger partial charge in [0.15, 0.2) is 5.75 Å². The van der Waals surface area contributed by atoms with Gasteiger partial charge in [0.05, 0.1) is 19.0 Å². The number of nitrogens with one attached hydrogen (secondary N) is 1. The number of nitrogens with zero attached hydrogens (tertiary/aromatic N) is 2. The summed E-state index contributed by atoms with van der Waals surface area (Å²) in [6.07, 6.45) is 3.93. The minimum atomic E-state index is 0.494. The van der Waals surface area contributed by atoms with E-state index >= 15 is 0 Å². The Morgan fingerprint density at radius 2 is 2.19 bits per heavy atom. The van der Waals surface area contributed by atoms with Crippen LogP contribution in [0.4, 0.5) is 5.69 Å². The van der Waals surface area contributed by atoms with E-state index in [-0.39, 0.29) is 0 Å². The number of anilines is 1. The largest absolute Gasteiger partial charge is 0.493 e. The standard InChI is InChI=1S/C17H23N3O/c1-4-20-16(17(21-3)11-18-20)10-13-9-12(2)19-15-8-6-5-7-14(13)15/h5-8,11-13,19H,4,9-10H2,1-3H3. The van der Waals surface area contributed by atoms with Crippen molar-refractivity contribution in [3.63, 3.8) is 0 Å². The number of aryl methyl sites for hydroxylation is 1. The molecule has 1 aliphatic heterocycles. The highest BCUT2D eigenvalue weighted by Gasteiger charge is 2.26. The summed E-state index contributed by atoms with van der Waals surface area (Å²) >= 11 is 0. The van der Waals surface area contributed by atoms with Crippen molar-refractivity contribution in [2.24, 2.45) is 0 Å². The highest BCUT2D eigenvalue weighted by molar-refractivity contribution is 5.56.